The first kappa shape index (κ1) is 33.9. The number of hydrogen-bond acceptors (Lipinski definition) is 9. The molecule has 46 heavy (non-hydrogen) atoms. The first-order chi connectivity index (χ1) is 21.7. The summed E-state index contributed by atoms with van der Waals surface area (Å²) in [6.07, 6.45) is 5.38. The molecule has 10 heteroatoms. The summed E-state index contributed by atoms with van der Waals surface area (Å²) in [5, 5.41) is 0. The highest BCUT2D eigenvalue weighted by atomic mass is 16.6. The molecular formula is C36H51N3O7. The van der Waals surface area contributed by atoms with Gasteiger partial charge in [0.15, 0.2) is 0 Å². The van der Waals surface area contributed by atoms with E-state index in [0.717, 1.165) is 43.3 Å². The Balaban J connectivity index is 1.57. The van der Waals surface area contributed by atoms with Gasteiger partial charge in [0.05, 0.1) is 37.0 Å². The summed E-state index contributed by atoms with van der Waals surface area (Å²) in [7, 11) is 1.61. The Bertz CT molecular complexity index is 1450. The molecule has 2 aliphatic heterocycles. The van der Waals surface area contributed by atoms with Crippen LogP contribution < -0.4 is 9.47 Å². The molecule has 1 aliphatic carbocycles. The van der Waals surface area contributed by atoms with Crippen molar-refractivity contribution in [3.8, 4) is 11.6 Å². The monoisotopic (exact) mass is 637 g/mol. The molecule has 3 aliphatic rings. The summed E-state index contributed by atoms with van der Waals surface area (Å²) in [5.74, 6) is -0.717. The molecule has 2 fully saturated rings. The van der Waals surface area contributed by atoms with Crippen LogP contribution >= 0.6 is 0 Å². The van der Waals surface area contributed by atoms with Gasteiger partial charge in [-0.2, -0.15) is 0 Å². The molecule has 0 unspecified atom stereocenters. The smallest absolute Gasteiger partial charge is 0.329 e. The molecule has 2 aromatic rings. The number of benzene rings is 1. The van der Waals surface area contributed by atoms with Crippen molar-refractivity contribution < 1.29 is 33.3 Å². The first-order valence-corrected chi connectivity index (χ1v) is 16.9. The van der Waals surface area contributed by atoms with Crippen molar-refractivity contribution in [1.29, 1.82) is 0 Å². The maximum absolute atomic E-state index is 14.5. The molecule has 1 saturated heterocycles. The third-order valence-corrected chi connectivity index (χ3v) is 9.51. The summed E-state index contributed by atoms with van der Waals surface area (Å²) in [5.41, 5.74) is 0.851. The largest absolute Gasteiger partial charge is 0.497 e. The van der Waals surface area contributed by atoms with Crippen molar-refractivity contribution in [2.45, 2.75) is 124 Å². The predicted molar refractivity (Wildman–Crippen MR) is 173 cm³/mol. The summed E-state index contributed by atoms with van der Waals surface area (Å²) in [6, 6.07) is 4.73. The average Bonchev–Trinajstić information content (AvgIpc) is 3.59. The van der Waals surface area contributed by atoms with Gasteiger partial charge in [0.2, 0.25) is 11.8 Å². The highest BCUT2D eigenvalue weighted by Gasteiger charge is 2.52. The van der Waals surface area contributed by atoms with Crippen LogP contribution in [0.5, 0.6) is 11.6 Å². The quantitative estimate of drug-likeness (QED) is 0.370. The summed E-state index contributed by atoms with van der Waals surface area (Å²) in [6.45, 7) is 13.4. The van der Waals surface area contributed by atoms with Gasteiger partial charge in [-0.1, -0.05) is 40.5 Å². The van der Waals surface area contributed by atoms with Gasteiger partial charge in [-0.15, -0.1) is 0 Å². The van der Waals surface area contributed by atoms with E-state index in [1.54, 1.807) is 12.0 Å². The van der Waals surface area contributed by atoms with E-state index in [0.29, 0.717) is 35.9 Å². The number of carbonyl (C=O) groups is 3. The van der Waals surface area contributed by atoms with Crippen LogP contribution in [0.15, 0.2) is 18.2 Å². The maximum Gasteiger partial charge on any atom is 0.329 e. The number of amides is 1. The molecule has 1 amide bonds. The lowest BCUT2D eigenvalue weighted by molar-refractivity contribution is -0.167. The van der Waals surface area contributed by atoms with Gasteiger partial charge in [-0.05, 0) is 76.3 Å². The highest BCUT2D eigenvalue weighted by Crippen LogP contribution is 2.41. The van der Waals surface area contributed by atoms with Crippen molar-refractivity contribution in [1.82, 2.24) is 14.9 Å². The third-order valence-electron chi connectivity index (χ3n) is 9.51. The van der Waals surface area contributed by atoms with Crippen LogP contribution in [0, 0.1) is 23.2 Å². The standard InChI is InChI=1S/C36H51N3O7/c1-9-23-29-20-39(31(23)34(42)46-36(5,6)7)33(41)24(35(2,3)4)19-30(40)44-28-17-21(28)13-11-10-12-14-26-32(45-29)38-27-18-22(43-8)15-16-25(27)37-26/h15-16,18,21,23-24,28-29,31H,9-14,17,19-20H2,1-8H3/t21-,23-,24-,28-,29+,31+/m1/s1. The van der Waals surface area contributed by atoms with Crippen molar-refractivity contribution in [2.24, 2.45) is 23.2 Å². The van der Waals surface area contributed by atoms with Gasteiger partial charge in [0.25, 0.3) is 0 Å². The first-order valence-electron chi connectivity index (χ1n) is 16.9. The lowest BCUT2D eigenvalue weighted by atomic mass is 9.77. The zero-order chi connectivity index (χ0) is 33.4. The summed E-state index contributed by atoms with van der Waals surface area (Å²) in [4.78, 5) is 53.1. The zero-order valence-electron chi connectivity index (χ0n) is 28.8. The van der Waals surface area contributed by atoms with E-state index in [1.165, 1.54) is 0 Å². The molecule has 0 spiro atoms. The number of esters is 2. The number of nitrogens with zero attached hydrogens (tertiary/aromatic N) is 3. The third kappa shape index (κ3) is 7.74. The van der Waals surface area contributed by atoms with Gasteiger partial charge in [0, 0.05) is 12.0 Å². The van der Waals surface area contributed by atoms with Gasteiger partial charge < -0.3 is 23.8 Å². The second-order valence-corrected chi connectivity index (χ2v) is 15.3. The van der Waals surface area contributed by atoms with E-state index in [-0.39, 0.29) is 36.9 Å². The van der Waals surface area contributed by atoms with Crippen LogP contribution in [0.25, 0.3) is 11.0 Å². The minimum absolute atomic E-state index is 0.0481. The normalized spacial score (nSPS) is 27.9. The Morgan fingerprint density at radius 3 is 2.43 bits per heavy atom. The van der Waals surface area contributed by atoms with E-state index in [4.69, 9.17) is 28.9 Å². The highest BCUT2D eigenvalue weighted by molar-refractivity contribution is 5.90. The molecular weight excluding hydrogens is 586 g/mol. The molecule has 1 aromatic carbocycles. The molecule has 6 atom stereocenters. The number of methoxy groups -OCH3 is 1. The van der Waals surface area contributed by atoms with E-state index < -0.39 is 35.0 Å². The molecule has 0 radical (unpaired) electrons. The summed E-state index contributed by atoms with van der Waals surface area (Å²) < 4.78 is 23.9. The Morgan fingerprint density at radius 1 is 1.00 bits per heavy atom. The number of aryl methyl sites for hydroxylation is 1. The number of ether oxygens (including phenoxy) is 4. The van der Waals surface area contributed by atoms with Crippen molar-refractivity contribution in [3.63, 3.8) is 0 Å². The van der Waals surface area contributed by atoms with Crippen LogP contribution in [0.2, 0.25) is 0 Å². The number of hydrogen-bond donors (Lipinski definition) is 0. The maximum atomic E-state index is 14.5. The van der Waals surface area contributed by atoms with Gasteiger partial charge >= 0.3 is 11.9 Å². The van der Waals surface area contributed by atoms with E-state index in [2.05, 4.69) is 0 Å². The molecule has 5 rings (SSSR count). The number of aromatic nitrogens is 2. The predicted octanol–water partition coefficient (Wildman–Crippen LogP) is 6.07. The SMILES string of the molecule is CC[C@@H]1[C@@H]2CN(C(=O)[C@H](C(C)(C)C)CC(=O)O[C@@H]3C[C@H]3CCCCCc3nc4ccc(OC)cc4nc3O2)[C@@H]1C(=O)OC(C)(C)C. The fraction of sp³-hybridized carbons (Fsp3) is 0.694. The zero-order valence-corrected chi connectivity index (χ0v) is 28.8. The van der Waals surface area contributed by atoms with Crippen LogP contribution in [0.1, 0.15) is 99.1 Å². The van der Waals surface area contributed by atoms with Gasteiger partial charge in [-0.3, -0.25) is 9.59 Å². The molecule has 1 saturated carbocycles. The Morgan fingerprint density at radius 2 is 1.76 bits per heavy atom. The van der Waals surface area contributed by atoms with E-state index in [9.17, 15) is 14.4 Å². The second-order valence-electron chi connectivity index (χ2n) is 15.3. The topological polar surface area (TPSA) is 117 Å². The molecule has 252 valence electrons. The Kier molecular flexibility index (Phi) is 9.85. The van der Waals surface area contributed by atoms with Crippen LogP contribution in [0.3, 0.4) is 0 Å². The van der Waals surface area contributed by atoms with Crippen molar-refractivity contribution in [3.05, 3.63) is 23.9 Å². The lowest BCUT2D eigenvalue weighted by Crippen LogP contribution is -2.50. The van der Waals surface area contributed by atoms with Crippen molar-refractivity contribution in [2.75, 3.05) is 13.7 Å². The molecule has 3 heterocycles. The molecule has 10 nitrogen and oxygen atoms in total. The fourth-order valence-electron chi connectivity index (χ4n) is 6.85. The minimum atomic E-state index is -0.880. The van der Waals surface area contributed by atoms with E-state index >= 15 is 0 Å². The number of rotatable bonds is 3. The number of fused-ring (bicyclic) bond motifs is 5. The van der Waals surface area contributed by atoms with Crippen LogP contribution in [-0.2, 0) is 30.3 Å². The fourth-order valence-corrected chi connectivity index (χ4v) is 6.85. The van der Waals surface area contributed by atoms with Crippen molar-refractivity contribution >= 4 is 28.9 Å². The van der Waals surface area contributed by atoms with Crippen LogP contribution in [-0.4, -0.2) is 70.2 Å². The molecule has 1 aromatic heterocycles. The summed E-state index contributed by atoms with van der Waals surface area (Å²) >= 11 is 0. The van der Waals surface area contributed by atoms with E-state index in [1.807, 2.05) is 66.7 Å². The Hall–Kier alpha value is -3.43. The number of carbonyl (C=O) groups excluding carboxylic acids is 3. The lowest BCUT2D eigenvalue weighted by Gasteiger charge is -2.35. The van der Waals surface area contributed by atoms with Gasteiger partial charge in [0.1, 0.15) is 35.3 Å². The van der Waals surface area contributed by atoms with Crippen LogP contribution in [0.4, 0.5) is 0 Å². The molecule has 2 bridgehead atoms. The second kappa shape index (κ2) is 13.4. The van der Waals surface area contributed by atoms with Gasteiger partial charge in [-0.25, -0.2) is 14.8 Å². The average molecular weight is 638 g/mol. The minimum Gasteiger partial charge on any atom is -0.497 e. The Labute approximate surface area is 272 Å². The molecule has 0 N–H and O–H groups in total.